The van der Waals surface area contributed by atoms with E-state index in [0.29, 0.717) is 5.82 Å². The standard InChI is InChI=1S/C21H17F2N3O/c1-2-3-15-11-25-21(26-12-15)16-6-4-14(5-7-16)13-27-18-9-8-17(10-24)19(22)20(18)23/h4-9,11-12H,2-3,13H2,1H3. The second kappa shape index (κ2) is 8.37. The zero-order chi connectivity index (χ0) is 19.2. The van der Waals surface area contributed by atoms with E-state index in [4.69, 9.17) is 10.00 Å². The van der Waals surface area contributed by atoms with Gasteiger partial charge in [-0.15, -0.1) is 0 Å². The van der Waals surface area contributed by atoms with Crippen LogP contribution in [0.2, 0.25) is 0 Å². The maximum Gasteiger partial charge on any atom is 0.202 e. The quantitative estimate of drug-likeness (QED) is 0.628. The van der Waals surface area contributed by atoms with Gasteiger partial charge in [-0.2, -0.15) is 9.65 Å². The molecule has 0 N–H and O–H groups in total. The highest BCUT2D eigenvalue weighted by atomic mass is 19.2. The maximum absolute atomic E-state index is 13.9. The van der Waals surface area contributed by atoms with Gasteiger partial charge in [0, 0.05) is 18.0 Å². The predicted octanol–water partition coefficient (Wildman–Crippen LogP) is 4.82. The van der Waals surface area contributed by atoms with Crippen molar-refractivity contribution < 1.29 is 13.5 Å². The summed E-state index contributed by atoms with van der Waals surface area (Å²) in [5.74, 6) is -1.96. The number of halogens is 2. The summed E-state index contributed by atoms with van der Waals surface area (Å²) in [4.78, 5) is 8.74. The fourth-order valence-electron chi connectivity index (χ4n) is 2.56. The van der Waals surface area contributed by atoms with Crippen LogP contribution in [-0.4, -0.2) is 9.97 Å². The molecular weight excluding hydrogens is 348 g/mol. The summed E-state index contributed by atoms with van der Waals surface area (Å²) in [7, 11) is 0. The Kier molecular flexibility index (Phi) is 5.72. The van der Waals surface area contributed by atoms with E-state index >= 15 is 0 Å². The van der Waals surface area contributed by atoms with Crippen molar-refractivity contribution in [2.75, 3.05) is 0 Å². The highest BCUT2D eigenvalue weighted by Crippen LogP contribution is 2.24. The Balaban J connectivity index is 1.68. The summed E-state index contributed by atoms with van der Waals surface area (Å²) < 4.78 is 32.8. The molecule has 0 radical (unpaired) electrons. The Hall–Kier alpha value is -3.33. The molecule has 0 unspecified atom stereocenters. The van der Waals surface area contributed by atoms with Crippen LogP contribution in [0.3, 0.4) is 0 Å². The normalized spacial score (nSPS) is 10.4. The molecule has 3 rings (SSSR count). The van der Waals surface area contributed by atoms with Gasteiger partial charge in [0.15, 0.2) is 17.4 Å². The van der Waals surface area contributed by atoms with Gasteiger partial charge in [-0.1, -0.05) is 37.6 Å². The molecule has 4 nitrogen and oxygen atoms in total. The van der Waals surface area contributed by atoms with E-state index in [0.717, 1.165) is 29.5 Å². The lowest BCUT2D eigenvalue weighted by Crippen LogP contribution is -2.00. The molecule has 0 atom stereocenters. The van der Waals surface area contributed by atoms with E-state index in [1.165, 1.54) is 12.1 Å². The molecule has 3 aromatic rings. The van der Waals surface area contributed by atoms with Crippen molar-refractivity contribution in [2.45, 2.75) is 26.4 Å². The third kappa shape index (κ3) is 4.26. The molecule has 0 saturated heterocycles. The first kappa shape index (κ1) is 18.5. The van der Waals surface area contributed by atoms with Crippen molar-refractivity contribution in [1.82, 2.24) is 9.97 Å². The first-order valence-electron chi connectivity index (χ1n) is 8.53. The third-order valence-corrected chi connectivity index (χ3v) is 4.02. The van der Waals surface area contributed by atoms with Crippen LogP contribution in [0.25, 0.3) is 11.4 Å². The van der Waals surface area contributed by atoms with Crippen LogP contribution in [-0.2, 0) is 13.0 Å². The molecule has 136 valence electrons. The highest BCUT2D eigenvalue weighted by molar-refractivity contribution is 5.55. The van der Waals surface area contributed by atoms with E-state index in [1.54, 1.807) is 6.07 Å². The van der Waals surface area contributed by atoms with Gasteiger partial charge >= 0.3 is 0 Å². The first-order valence-corrected chi connectivity index (χ1v) is 8.53. The van der Waals surface area contributed by atoms with Gasteiger partial charge in [-0.05, 0) is 29.7 Å². The van der Waals surface area contributed by atoms with Gasteiger partial charge in [0.1, 0.15) is 12.7 Å². The monoisotopic (exact) mass is 365 g/mol. The molecule has 2 aromatic carbocycles. The van der Waals surface area contributed by atoms with Gasteiger partial charge in [0.2, 0.25) is 5.82 Å². The lowest BCUT2D eigenvalue weighted by Gasteiger charge is -2.09. The molecule has 6 heteroatoms. The van der Waals surface area contributed by atoms with Crippen molar-refractivity contribution in [3.8, 4) is 23.2 Å². The molecule has 0 aliphatic carbocycles. The number of nitrogens with zero attached hydrogens (tertiary/aromatic N) is 3. The summed E-state index contributed by atoms with van der Waals surface area (Å²) in [5, 5.41) is 8.70. The van der Waals surface area contributed by atoms with Crippen molar-refractivity contribution >= 4 is 0 Å². The number of benzene rings is 2. The van der Waals surface area contributed by atoms with E-state index in [1.807, 2.05) is 36.7 Å². The van der Waals surface area contributed by atoms with Crippen LogP contribution in [0.15, 0.2) is 48.8 Å². The Bertz CT molecular complexity index is 964. The van der Waals surface area contributed by atoms with Crippen LogP contribution >= 0.6 is 0 Å². The summed E-state index contributed by atoms with van der Waals surface area (Å²) in [6.45, 7) is 2.17. The minimum atomic E-state index is -1.20. The van der Waals surface area contributed by atoms with Crippen molar-refractivity contribution in [3.63, 3.8) is 0 Å². The van der Waals surface area contributed by atoms with Crippen molar-refractivity contribution in [1.29, 1.82) is 5.26 Å². The first-order chi connectivity index (χ1) is 13.1. The van der Waals surface area contributed by atoms with E-state index in [2.05, 4.69) is 16.9 Å². The number of hydrogen-bond donors (Lipinski definition) is 0. The summed E-state index contributed by atoms with van der Waals surface area (Å²) in [6.07, 6.45) is 5.64. The van der Waals surface area contributed by atoms with E-state index in [-0.39, 0.29) is 17.9 Å². The number of aryl methyl sites for hydroxylation is 1. The molecule has 0 fully saturated rings. The van der Waals surface area contributed by atoms with Crippen LogP contribution in [0.4, 0.5) is 8.78 Å². The molecule has 1 aromatic heterocycles. The average Bonchev–Trinajstić information content (AvgIpc) is 2.70. The minimum Gasteiger partial charge on any atom is -0.486 e. The van der Waals surface area contributed by atoms with Gasteiger partial charge in [-0.25, -0.2) is 14.4 Å². The smallest absolute Gasteiger partial charge is 0.202 e. The van der Waals surface area contributed by atoms with E-state index in [9.17, 15) is 8.78 Å². The maximum atomic E-state index is 13.9. The summed E-state index contributed by atoms with van der Waals surface area (Å²) >= 11 is 0. The number of ether oxygens (including phenoxy) is 1. The van der Waals surface area contributed by atoms with Gasteiger partial charge in [0.25, 0.3) is 0 Å². The molecule has 0 aliphatic heterocycles. The fraction of sp³-hybridized carbons (Fsp3) is 0.190. The number of aromatic nitrogens is 2. The fourth-order valence-corrected chi connectivity index (χ4v) is 2.56. The van der Waals surface area contributed by atoms with Gasteiger partial charge < -0.3 is 4.74 Å². The van der Waals surface area contributed by atoms with Gasteiger partial charge in [-0.3, -0.25) is 0 Å². The molecule has 0 bridgehead atoms. The van der Waals surface area contributed by atoms with Crippen LogP contribution in [0.1, 0.15) is 30.0 Å². The lowest BCUT2D eigenvalue weighted by molar-refractivity contribution is 0.284. The highest BCUT2D eigenvalue weighted by Gasteiger charge is 2.14. The van der Waals surface area contributed by atoms with Gasteiger partial charge in [0.05, 0.1) is 5.56 Å². The van der Waals surface area contributed by atoms with Crippen molar-refractivity contribution in [3.05, 3.63) is 77.1 Å². The summed E-state index contributed by atoms with van der Waals surface area (Å²) in [6, 6.07) is 11.4. The Morgan fingerprint density at radius 3 is 2.30 bits per heavy atom. The molecule has 0 saturated carbocycles. The number of hydrogen-bond acceptors (Lipinski definition) is 4. The van der Waals surface area contributed by atoms with Crippen LogP contribution in [0, 0.1) is 23.0 Å². The second-order valence-corrected chi connectivity index (χ2v) is 6.00. The predicted molar refractivity (Wildman–Crippen MR) is 96.9 cm³/mol. The molecule has 1 heterocycles. The average molecular weight is 365 g/mol. The van der Waals surface area contributed by atoms with E-state index < -0.39 is 11.6 Å². The Morgan fingerprint density at radius 2 is 1.67 bits per heavy atom. The minimum absolute atomic E-state index is 0.0683. The summed E-state index contributed by atoms with van der Waals surface area (Å²) in [5.41, 5.74) is 2.39. The topological polar surface area (TPSA) is 58.8 Å². The zero-order valence-electron chi connectivity index (χ0n) is 14.7. The SMILES string of the molecule is CCCc1cnc(-c2ccc(COc3ccc(C#N)c(F)c3F)cc2)nc1. The largest absolute Gasteiger partial charge is 0.486 e. The van der Waals surface area contributed by atoms with Crippen LogP contribution in [0.5, 0.6) is 5.75 Å². The molecular formula is C21H17F2N3O. The molecule has 0 amide bonds. The zero-order valence-corrected chi connectivity index (χ0v) is 14.7. The molecule has 27 heavy (non-hydrogen) atoms. The number of nitriles is 1. The number of rotatable bonds is 6. The van der Waals surface area contributed by atoms with Crippen molar-refractivity contribution in [2.24, 2.45) is 0 Å². The Morgan fingerprint density at radius 1 is 0.963 bits per heavy atom. The molecule has 0 spiro atoms. The second-order valence-electron chi connectivity index (χ2n) is 6.00. The third-order valence-electron chi connectivity index (χ3n) is 4.02. The Labute approximate surface area is 156 Å². The lowest BCUT2D eigenvalue weighted by atomic mass is 10.1. The molecule has 0 aliphatic rings. The van der Waals surface area contributed by atoms with Crippen LogP contribution < -0.4 is 4.74 Å².